The maximum atomic E-state index is 11.6. The molecule has 3 rings (SSSR count). The van der Waals surface area contributed by atoms with Crippen LogP contribution in [0, 0.1) is 35.5 Å². The number of carboxylic acids is 1. The molecule has 2 N–H and O–H groups in total. The Morgan fingerprint density at radius 3 is 2.75 bits per heavy atom. The van der Waals surface area contributed by atoms with Gasteiger partial charge in [-0.15, -0.1) is 0 Å². The molecule has 5 nitrogen and oxygen atoms in total. The summed E-state index contributed by atoms with van der Waals surface area (Å²) in [5, 5.41) is 19.1. The summed E-state index contributed by atoms with van der Waals surface area (Å²) < 4.78 is 5.46. The predicted octanol–water partition coefficient (Wildman–Crippen LogP) is 3.96. The lowest BCUT2D eigenvalue weighted by Gasteiger charge is -2.45. The van der Waals surface area contributed by atoms with Crippen LogP contribution in [0.25, 0.3) is 0 Å². The molecule has 0 aromatic rings. The number of aliphatic hydroxyl groups is 1. The van der Waals surface area contributed by atoms with Gasteiger partial charge in [-0.25, -0.2) is 0 Å². The highest BCUT2D eigenvalue weighted by Gasteiger charge is 2.40. The molecule has 0 aromatic carbocycles. The molecule has 156 valence electrons. The highest BCUT2D eigenvalue weighted by molar-refractivity contribution is 5.71. The van der Waals surface area contributed by atoms with Crippen LogP contribution in [0.2, 0.25) is 0 Å². The van der Waals surface area contributed by atoms with Crippen LogP contribution in [-0.4, -0.2) is 34.4 Å². The fourth-order valence-corrected chi connectivity index (χ4v) is 5.40. The first-order valence-corrected chi connectivity index (χ1v) is 10.8. The minimum Gasteiger partial charge on any atom is -0.481 e. The van der Waals surface area contributed by atoms with Gasteiger partial charge in [-0.1, -0.05) is 38.2 Å². The molecular weight excluding hydrogens is 356 g/mol. The van der Waals surface area contributed by atoms with Crippen molar-refractivity contribution in [1.82, 2.24) is 0 Å². The minimum absolute atomic E-state index is 0.110. The number of fused-ring (bicyclic) bond motifs is 1. The first-order valence-electron chi connectivity index (χ1n) is 10.8. The maximum Gasteiger partial charge on any atom is 0.308 e. The van der Waals surface area contributed by atoms with Crippen molar-refractivity contribution in [2.24, 2.45) is 35.5 Å². The molecule has 1 fully saturated rings. The summed E-state index contributed by atoms with van der Waals surface area (Å²) in [6.07, 6.45) is 13.5. The molecule has 0 aromatic heterocycles. The zero-order valence-electron chi connectivity index (χ0n) is 17.0. The van der Waals surface area contributed by atoms with Gasteiger partial charge >= 0.3 is 11.9 Å². The number of cyclic esters (lactones) is 1. The van der Waals surface area contributed by atoms with E-state index in [4.69, 9.17) is 4.74 Å². The number of hydrogen-bond donors (Lipinski definition) is 2. The van der Waals surface area contributed by atoms with Gasteiger partial charge in [0.1, 0.15) is 6.10 Å². The van der Waals surface area contributed by atoms with E-state index in [1.54, 1.807) is 6.92 Å². The number of rotatable bonds is 7. The molecule has 1 unspecified atom stereocenters. The van der Waals surface area contributed by atoms with E-state index in [1.165, 1.54) is 0 Å². The second-order valence-electron chi connectivity index (χ2n) is 9.09. The quantitative estimate of drug-likeness (QED) is 0.508. The Morgan fingerprint density at radius 1 is 1.25 bits per heavy atom. The number of carboxylic acid groups (broad SMARTS) is 1. The van der Waals surface area contributed by atoms with Crippen LogP contribution in [-0.2, 0) is 14.3 Å². The van der Waals surface area contributed by atoms with Crippen LogP contribution in [0.5, 0.6) is 0 Å². The number of carbonyl (C=O) groups excluding carboxylic acids is 1. The van der Waals surface area contributed by atoms with Crippen LogP contribution in [0.3, 0.4) is 0 Å². The Labute approximate surface area is 167 Å². The number of aliphatic carboxylic acids is 1. The summed E-state index contributed by atoms with van der Waals surface area (Å²) >= 11 is 0. The predicted molar refractivity (Wildman–Crippen MR) is 106 cm³/mol. The fraction of sp³-hybridized carbons (Fsp3) is 0.739. The summed E-state index contributed by atoms with van der Waals surface area (Å²) in [6.45, 7) is 4.05. The van der Waals surface area contributed by atoms with Crippen molar-refractivity contribution in [3.05, 3.63) is 24.3 Å². The molecule has 28 heavy (non-hydrogen) atoms. The van der Waals surface area contributed by atoms with Gasteiger partial charge in [-0.2, -0.15) is 0 Å². The summed E-state index contributed by atoms with van der Waals surface area (Å²) in [5.74, 6) is 1.05. The second-order valence-corrected chi connectivity index (χ2v) is 9.09. The number of carbonyl (C=O) groups is 2. The van der Waals surface area contributed by atoms with E-state index >= 15 is 0 Å². The Balaban J connectivity index is 1.66. The van der Waals surface area contributed by atoms with Gasteiger partial charge in [-0.3, -0.25) is 9.59 Å². The highest BCUT2D eigenvalue weighted by atomic mass is 16.5. The van der Waals surface area contributed by atoms with Crippen molar-refractivity contribution in [2.75, 3.05) is 0 Å². The molecule has 5 heteroatoms. The van der Waals surface area contributed by atoms with Crippen LogP contribution in [0.1, 0.15) is 58.8 Å². The monoisotopic (exact) mass is 390 g/mol. The third-order valence-electron chi connectivity index (χ3n) is 7.04. The van der Waals surface area contributed by atoms with Gasteiger partial charge in [0.2, 0.25) is 0 Å². The summed E-state index contributed by atoms with van der Waals surface area (Å²) in [5.41, 5.74) is 0. The van der Waals surface area contributed by atoms with Crippen LogP contribution >= 0.6 is 0 Å². The van der Waals surface area contributed by atoms with Crippen molar-refractivity contribution in [2.45, 2.75) is 71.0 Å². The first-order chi connectivity index (χ1) is 13.3. The molecule has 0 saturated carbocycles. The minimum atomic E-state index is -0.714. The summed E-state index contributed by atoms with van der Waals surface area (Å²) in [7, 11) is 0. The first kappa shape index (κ1) is 21.1. The third-order valence-corrected chi connectivity index (χ3v) is 7.04. The van der Waals surface area contributed by atoms with Gasteiger partial charge in [0.25, 0.3) is 0 Å². The smallest absolute Gasteiger partial charge is 0.308 e. The van der Waals surface area contributed by atoms with E-state index in [2.05, 4.69) is 31.2 Å². The average molecular weight is 391 g/mol. The Hall–Kier alpha value is -1.62. The molecule has 8 atom stereocenters. The van der Waals surface area contributed by atoms with Crippen molar-refractivity contribution in [3.8, 4) is 0 Å². The largest absolute Gasteiger partial charge is 0.481 e. The van der Waals surface area contributed by atoms with Crippen LogP contribution in [0.15, 0.2) is 24.3 Å². The number of esters is 1. The number of allylic oxidation sites excluding steroid dienone is 4. The van der Waals surface area contributed by atoms with Crippen LogP contribution in [0.4, 0.5) is 0 Å². The van der Waals surface area contributed by atoms with E-state index in [1.807, 2.05) is 0 Å². The van der Waals surface area contributed by atoms with E-state index < -0.39 is 12.1 Å². The van der Waals surface area contributed by atoms with Gasteiger partial charge < -0.3 is 14.9 Å². The molecule has 0 radical (unpaired) electrons. The lowest BCUT2D eigenvalue weighted by molar-refractivity contribution is -0.160. The molecule has 2 aliphatic carbocycles. The molecule has 0 bridgehead atoms. The van der Waals surface area contributed by atoms with Crippen molar-refractivity contribution >= 4 is 11.9 Å². The highest BCUT2D eigenvalue weighted by Crippen LogP contribution is 2.47. The summed E-state index contributed by atoms with van der Waals surface area (Å²) in [6, 6.07) is 0. The average Bonchev–Trinajstić information content (AvgIpc) is 2.64. The molecule has 0 amide bonds. The van der Waals surface area contributed by atoms with Crippen molar-refractivity contribution in [3.63, 3.8) is 0 Å². The van der Waals surface area contributed by atoms with E-state index in [-0.39, 0.29) is 24.4 Å². The number of aliphatic hydroxyl groups excluding tert-OH is 1. The van der Waals surface area contributed by atoms with Gasteiger partial charge in [0.05, 0.1) is 18.4 Å². The van der Waals surface area contributed by atoms with Gasteiger partial charge in [0.15, 0.2) is 0 Å². The van der Waals surface area contributed by atoms with E-state index in [0.717, 1.165) is 25.7 Å². The fourth-order valence-electron chi connectivity index (χ4n) is 5.40. The van der Waals surface area contributed by atoms with Crippen molar-refractivity contribution < 1.29 is 24.5 Å². The zero-order chi connectivity index (χ0) is 20.3. The number of hydrogen-bond acceptors (Lipinski definition) is 4. The molecule has 0 spiro atoms. The van der Waals surface area contributed by atoms with Gasteiger partial charge in [-0.05, 0) is 61.7 Å². The summed E-state index contributed by atoms with van der Waals surface area (Å²) in [4.78, 5) is 22.8. The Bertz CT molecular complexity index is 624. The normalized spacial score (nSPS) is 38.5. The third kappa shape index (κ3) is 5.05. The molecule has 3 aliphatic rings. The Kier molecular flexibility index (Phi) is 6.97. The maximum absolute atomic E-state index is 11.6. The standard InChI is InChI=1S/C23H34O5/c1-14-6-8-16-4-3-5-17(9-7-15(2)23(26)27)22(16)20(14)11-10-19-12-18(24)13-21(25)28-19/h3-4,6,8,14-20,22,24H,5,7,9-13H2,1-2H3,(H,26,27)/t14-,15-,16?,17+,18+,19+,20-,22+/m0/s1. The van der Waals surface area contributed by atoms with Crippen molar-refractivity contribution in [1.29, 1.82) is 0 Å². The zero-order valence-corrected chi connectivity index (χ0v) is 17.0. The second kappa shape index (κ2) is 9.25. The SMILES string of the molecule is C[C@@H](CC[C@H]1CC=CC2C=C[C@H](C)[C@H](CC[C@@H]3C[C@@H](O)CC(=O)O3)[C@H]21)C(=O)O. The molecular formula is C23H34O5. The lowest BCUT2D eigenvalue weighted by Crippen LogP contribution is -2.38. The van der Waals surface area contributed by atoms with Gasteiger partial charge in [0, 0.05) is 6.42 Å². The molecule has 1 aliphatic heterocycles. The number of ether oxygens (including phenoxy) is 1. The molecule has 1 saturated heterocycles. The molecule has 1 heterocycles. The lowest BCUT2D eigenvalue weighted by atomic mass is 9.60. The van der Waals surface area contributed by atoms with E-state index in [0.29, 0.717) is 42.4 Å². The Morgan fingerprint density at radius 2 is 2.04 bits per heavy atom. The van der Waals surface area contributed by atoms with Crippen LogP contribution < -0.4 is 0 Å². The van der Waals surface area contributed by atoms with E-state index in [9.17, 15) is 19.8 Å². The topological polar surface area (TPSA) is 83.8 Å².